The minimum Gasteiger partial charge on any atom is -0.490 e. The third-order valence-electron chi connectivity index (χ3n) is 4.36. The predicted molar refractivity (Wildman–Crippen MR) is 121 cm³/mol. The molecule has 2 rings (SSSR count). The third-order valence-corrected chi connectivity index (χ3v) is 4.36. The highest BCUT2D eigenvalue weighted by molar-refractivity contribution is 5.89. The van der Waals surface area contributed by atoms with E-state index >= 15 is 0 Å². The number of carbonyl (C=O) groups excluding carboxylic acids is 2. The molecule has 0 bridgehead atoms. The summed E-state index contributed by atoms with van der Waals surface area (Å²) in [5.41, 5.74) is 3.38. The predicted octanol–water partition coefficient (Wildman–Crippen LogP) is 3.89. The molecule has 7 nitrogen and oxygen atoms in total. The van der Waals surface area contributed by atoms with E-state index < -0.39 is 11.9 Å². The Labute approximate surface area is 188 Å². The second-order valence-electron chi connectivity index (χ2n) is 6.95. The van der Waals surface area contributed by atoms with Crippen molar-refractivity contribution in [2.45, 2.75) is 6.92 Å². The van der Waals surface area contributed by atoms with Crippen molar-refractivity contribution in [3.8, 4) is 22.6 Å². The van der Waals surface area contributed by atoms with Crippen molar-refractivity contribution in [3.05, 3.63) is 72.3 Å². The fourth-order valence-corrected chi connectivity index (χ4v) is 2.74. The van der Waals surface area contributed by atoms with Crippen molar-refractivity contribution >= 4 is 11.9 Å². The summed E-state index contributed by atoms with van der Waals surface area (Å²) in [6, 6.07) is 12.9. The maximum Gasteiger partial charge on any atom is 0.341 e. The van der Waals surface area contributed by atoms with Crippen LogP contribution in [0.5, 0.6) is 11.5 Å². The van der Waals surface area contributed by atoms with Crippen LogP contribution in [0.3, 0.4) is 0 Å². The number of methoxy groups -OCH3 is 2. The Hall–Kier alpha value is -3.42. The number of aryl methyl sites for hydroxylation is 1. The SMILES string of the molecule is C=C(COC)C(=O)OCCOc1ccc(-c2ccc(OC(=O)C(=C)COC)cc2)cc1C. The molecule has 0 aromatic heterocycles. The minimum atomic E-state index is -0.523. The molecule has 0 aliphatic carbocycles. The first-order valence-electron chi connectivity index (χ1n) is 9.92. The summed E-state index contributed by atoms with van der Waals surface area (Å²) >= 11 is 0. The van der Waals surface area contributed by atoms with Gasteiger partial charge in [-0.3, -0.25) is 0 Å². The van der Waals surface area contributed by atoms with E-state index in [1.807, 2.05) is 37.3 Å². The number of esters is 2. The van der Waals surface area contributed by atoms with Crippen molar-refractivity contribution < 1.29 is 33.3 Å². The van der Waals surface area contributed by atoms with E-state index in [2.05, 4.69) is 13.2 Å². The number of carbonyl (C=O) groups is 2. The number of rotatable bonds is 12. The molecule has 2 aromatic rings. The Balaban J connectivity index is 1.91. The fourth-order valence-electron chi connectivity index (χ4n) is 2.74. The zero-order valence-corrected chi connectivity index (χ0v) is 18.6. The van der Waals surface area contributed by atoms with E-state index in [9.17, 15) is 9.59 Å². The Morgan fingerprint density at radius 1 is 0.812 bits per heavy atom. The van der Waals surface area contributed by atoms with E-state index in [1.165, 1.54) is 14.2 Å². The Bertz CT molecular complexity index is 961. The van der Waals surface area contributed by atoms with Crippen LogP contribution in [0.15, 0.2) is 66.8 Å². The van der Waals surface area contributed by atoms with E-state index in [1.54, 1.807) is 12.1 Å². The summed E-state index contributed by atoms with van der Waals surface area (Å²) < 4.78 is 25.8. The largest absolute Gasteiger partial charge is 0.490 e. The second-order valence-corrected chi connectivity index (χ2v) is 6.95. The molecule has 0 spiro atoms. The molecule has 2 aromatic carbocycles. The van der Waals surface area contributed by atoms with Gasteiger partial charge in [-0.15, -0.1) is 0 Å². The number of ether oxygens (including phenoxy) is 5. The van der Waals surface area contributed by atoms with E-state index in [-0.39, 0.29) is 37.6 Å². The van der Waals surface area contributed by atoms with Gasteiger partial charge >= 0.3 is 11.9 Å². The van der Waals surface area contributed by atoms with Crippen molar-refractivity contribution in [3.63, 3.8) is 0 Å². The minimum absolute atomic E-state index is 0.111. The highest BCUT2D eigenvalue weighted by atomic mass is 16.6. The van der Waals surface area contributed by atoms with Gasteiger partial charge in [0.05, 0.1) is 24.4 Å². The van der Waals surface area contributed by atoms with Gasteiger partial charge in [-0.2, -0.15) is 0 Å². The van der Waals surface area contributed by atoms with Crippen LogP contribution in [0.2, 0.25) is 0 Å². The molecule has 7 heteroatoms. The zero-order valence-electron chi connectivity index (χ0n) is 18.6. The molecule has 0 amide bonds. The molecule has 0 saturated heterocycles. The quantitative estimate of drug-likeness (QED) is 0.214. The van der Waals surface area contributed by atoms with Gasteiger partial charge in [-0.25, -0.2) is 9.59 Å². The Kier molecular flexibility index (Phi) is 9.66. The van der Waals surface area contributed by atoms with Crippen LogP contribution in [-0.2, 0) is 23.8 Å². The van der Waals surface area contributed by atoms with Crippen molar-refractivity contribution in [1.29, 1.82) is 0 Å². The Morgan fingerprint density at radius 3 is 2.00 bits per heavy atom. The molecule has 0 heterocycles. The lowest BCUT2D eigenvalue weighted by Gasteiger charge is -2.12. The molecule has 0 aliphatic rings. The zero-order chi connectivity index (χ0) is 23.5. The monoisotopic (exact) mass is 440 g/mol. The molecule has 0 fully saturated rings. The molecule has 0 radical (unpaired) electrons. The van der Waals surface area contributed by atoms with E-state index in [4.69, 9.17) is 23.7 Å². The first kappa shape index (κ1) is 24.8. The maximum atomic E-state index is 11.9. The molecule has 0 aliphatic heterocycles. The smallest absolute Gasteiger partial charge is 0.341 e. The lowest BCUT2D eigenvalue weighted by molar-refractivity contribution is -0.140. The van der Waals surface area contributed by atoms with E-state index in [0.29, 0.717) is 11.5 Å². The molecule has 0 unspecified atom stereocenters. The van der Waals surface area contributed by atoms with Gasteiger partial charge in [0.1, 0.15) is 24.7 Å². The summed E-state index contributed by atoms with van der Waals surface area (Å²) in [4.78, 5) is 23.6. The average molecular weight is 440 g/mol. The fraction of sp³-hybridized carbons (Fsp3) is 0.280. The average Bonchev–Trinajstić information content (AvgIpc) is 2.78. The van der Waals surface area contributed by atoms with Crippen LogP contribution in [0, 0.1) is 6.92 Å². The lowest BCUT2D eigenvalue weighted by atomic mass is 10.0. The van der Waals surface area contributed by atoms with Gasteiger partial charge in [-0.05, 0) is 47.9 Å². The molecule has 170 valence electrons. The topological polar surface area (TPSA) is 80.3 Å². The lowest BCUT2D eigenvalue weighted by Crippen LogP contribution is -2.15. The van der Waals surface area contributed by atoms with Crippen LogP contribution < -0.4 is 9.47 Å². The molecular formula is C25H28O7. The van der Waals surface area contributed by atoms with Crippen LogP contribution >= 0.6 is 0 Å². The summed E-state index contributed by atoms with van der Waals surface area (Å²) in [5.74, 6) is 0.100. The van der Waals surface area contributed by atoms with Gasteiger partial charge in [0.2, 0.25) is 0 Å². The third kappa shape index (κ3) is 7.37. The summed E-state index contributed by atoms with van der Waals surface area (Å²) in [5, 5.41) is 0. The standard InChI is InChI=1S/C25H28O7/c1-17-14-21(8-11-23(17)30-12-13-31-24(26)18(2)15-28-4)20-6-9-22(10-7-20)32-25(27)19(3)16-29-5/h6-11,14H,2-3,12-13,15-16H2,1,4-5H3. The number of benzene rings is 2. The summed E-state index contributed by atoms with van der Waals surface area (Å²) in [7, 11) is 2.97. The molecule has 0 saturated carbocycles. The van der Waals surface area contributed by atoms with Gasteiger partial charge in [-0.1, -0.05) is 31.4 Å². The first-order chi connectivity index (χ1) is 15.3. The number of hydrogen-bond donors (Lipinski definition) is 0. The molecule has 0 N–H and O–H groups in total. The van der Waals surface area contributed by atoms with Crippen LogP contribution in [0.4, 0.5) is 0 Å². The van der Waals surface area contributed by atoms with Gasteiger partial charge in [0.15, 0.2) is 0 Å². The van der Waals surface area contributed by atoms with Gasteiger partial charge in [0.25, 0.3) is 0 Å². The van der Waals surface area contributed by atoms with Crippen molar-refractivity contribution in [2.24, 2.45) is 0 Å². The highest BCUT2D eigenvalue weighted by Gasteiger charge is 2.11. The van der Waals surface area contributed by atoms with Gasteiger partial charge < -0.3 is 23.7 Å². The van der Waals surface area contributed by atoms with E-state index in [0.717, 1.165) is 16.7 Å². The summed E-state index contributed by atoms with van der Waals surface area (Å²) in [6.45, 7) is 9.74. The number of hydrogen-bond acceptors (Lipinski definition) is 7. The Morgan fingerprint density at radius 2 is 1.41 bits per heavy atom. The molecule has 32 heavy (non-hydrogen) atoms. The molecule has 0 atom stereocenters. The molecular weight excluding hydrogens is 412 g/mol. The maximum absolute atomic E-state index is 11.9. The van der Waals surface area contributed by atoms with Crippen molar-refractivity contribution in [1.82, 2.24) is 0 Å². The summed E-state index contributed by atoms with van der Waals surface area (Å²) in [6.07, 6.45) is 0. The second kappa shape index (κ2) is 12.4. The van der Waals surface area contributed by atoms with Crippen LogP contribution in [0.1, 0.15) is 5.56 Å². The normalized spacial score (nSPS) is 10.3. The van der Waals surface area contributed by atoms with Crippen molar-refractivity contribution in [2.75, 3.05) is 40.6 Å². The highest BCUT2D eigenvalue weighted by Crippen LogP contribution is 2.28. The van der Waals surface area contributed by atoms with Crippen LogP contribution in [-0.4, -0.2) is 52.6 Å². The van der Waals surface area contributed by atoms with Gasteiger partial charge in [0, 0.05) is 14.2 Å². The van der Waals surface area contributed by atoms with Crippen LogP contribution in [0.25, 0.3) is 11.1 Å². The first-order valence-corrected chi connectivity index (χ1v) is 9.92.